The van der Waals surface area contributed by atoms with Crippen LogP contribution in [-0.4, -0.2) is 87.0 Å². The molecule has 3 atom stereocenters. The summed E-state index contributed by atoms with van der Waals surface area (Å²) >= 11 is 9.76. The largest absolute Gasteiger partial charge is 0.490 e. The Bertz CT molecular complexity index is 1990. The number of hydrogen-bond donors (Lipinski definition) is 2. The van der Waals surface area contributed by atoms with Crippen LogP contribution in [0.1, 0.15) is 82.5 Å². The summed E-state index contributed by atoms with van der Waals surface area (Å²) in [6.45, 7) is 2.67. The van der Waals surface area contributed by atoms with Gasteiger partial charge in [-0.3, -0.25) is 29.4 Å². The molecule has 3 unspecified atom stereocenters. The zero-order valence-corrected chi connectivity index (χ0v) is 30.5. The molecule has 5 fully saturated rings. The number of fused-ring (bicyclic) bond motifs is 3. The van der Waals surface area contributed by atoms with Crippen molar-refractivity contribution in [2.45, 2.75) is 88.3 Å². The van der Waals surface area contributed by atoms with E-state index in [1.807, 2.05) is 18.2 Å². The number of nitrogens with zero attached hydrogens (tertiary/aromatic N) is 6. The van der Waals surface area contributed by atoms with Crippen molar-refractivity contribution in [1.82, 2.24) is 30.6 Å². The number of piperazine rings is 1. The van der Waals surface area contributed by atoms with Gasteiger partial charge in [0.1, 0.15) is 17.9 Å². The van der Waals surface area contributed by atoms with Crippen LogP contribution in [0.2, 0.25) is 5.02 Å². The molecule has 0 radical (unpaired) electrons. The van der Waals surface area contributed by atoms with Gasteiger partial charge in [-0.25, -0.2) is 0 Å². The first-order chi connectivity index (χ1) is 25.1. The average Bonchev–Trinajstić information content (AvgIpc) is 3.47. The third kappa shape index (κ3) is 6.73. The minimum atomic E-state index is -0.644. The van der Waals surface area contributed by atoms with E-state index in [-0.39, 0.29) is 42.0 Å². The number of nitriles is 1. The van der Waals surface area contributed by atoms with Crippen LogP contribution in [0, 0.1) is 11.3 Å². The minimum absolute atomic E-state index is 0.0154. The van der Waals surface area contributed by atoms with E-state index in [0.29, 0.717) is 46.9 Å². The number of amides is 4. The summed E-state index contributed by atoms with van der Waals surface area (Å²) < 4.78 is 6.79. The van der Waals surface area contributed by atoms with E-state index < -0.39 is 11.9 Å². The van der Waals surface area contributed by atoms with E-state index in [4.69, 9.17) is 21.6 Å². The highest BCUT2D eigenvalue weighted by atomic mass is 79.9. The Morgan fingerprint density at radius 1 is 1.04 bits per heavy atom. The van der Waals surface area contributed by atoms with E-state index in [0.717, 1.165) is 73.2 Å². The van der Waals surface area contributed by atoms with Crippen molar-refractivity contribution in [3.05, 3.63) is 79.9 Å². The molecule has 4 amide bonds. The molecule has 2 N–H and O–H groups in total. The first-order valence-corrected chi connectivity index (χ1v) is 18.8. The predicted octanol–water partition coefficient (Wildman–Crippen LogP) is 4.11. The molecule has 1 saturated carbocycles. The Balaban J connectivity index is 0.818. The molecule has 1 aromatic heterocycles. The summed E-state index contributed by atoms with van der Waals surface area (Å²) in [6, 6.07) is 14.9. The Labute approximate surface area is 313 Å². The highest BCUT2D eigenvalue weighted by Crippen LogP contribution is 2.38. The molecule has 15 heteroatoms. The van der Waals surface area contributed by atoms with Gasteiger partial charge in [0.05, 0.1) is 22.3 Å². The molecule has 2 aromatic carbocycles. The van der Waals surface area contributed by atoms with Gasteiger partial charge in [0.2, 0.25) is 11.8 Å². The maximum absolute atomic E-state index is 13.3. The van der Waals surface area contributed by atoms with E-state index in [1.54, 1.807) is 29.2 Å². The fourth-order valence-electron chi connectivity index (χ4n) is 8.21. The summed E-state index contributed by atoms with van der Waals surface area (Å²) in [6.07, 6.45) is 4.79. The van der Waals surface area contributed by atoms with Crippen molar-refractivity contribution < 1.29 is 23.9 Å². The van der Waals surface area contributed by atoms with Gasteiger partial charge in [-0.1, -0.05) is 17.7 Å². The molecule has 3 aromatic rings. The number of benzene rings is 2. The monoisotopic (exact) mass is 786 g/mol. The number of halogens is 2. The van der Waals surface area contributed by atoms with Crippen LogP contribution in [-0.2, 0) is 22.7 Å². The Hall–Kier alpha value is -4.58. The van der Waals surface area contributed by atoms with Crippen molar-refractivity contribution in [3.8, 4) is 11.8 Å². The van der Waals surface area contributed by atoms with Gasteiger partial charge >= 0.3 is 0 Å². The van der Waals surface area contributed by atoms with Crippen molar-refractivity contribution >= 4 is 57.0 Å². The maximum atomic E-state index is 13.3. The van der Waals surface area contributed by atoms with Gasteiger partial charge in [-0.15, -0.1) is 10.2 Å². The number of carbonyl (C=O) groups excluding carboxylic acids is 4. The van der Waals surface area contributed by atoms with Crippen LogP contribution < -0.4 is 20.3 Å². The molecular weight excluding hydrogens is 752 g/mol. The number of hydrogen-bond acceptors (Lipinski definition) is 10. The predicted molar refractivity (Wildman–Crippen MR) is 192 cm³/mol. The summed E-state index contributed by atoms with van der Waals surface area (Å²) in [5, 5.41) is 23.6. The molecule has 13 nitrogen and oxygen atoms in total. The Kier molecular flexibility index (Phi) is 9.35. The quantitative estimate of drug-likeness (QED) is 0.318. The van der Waals surface area contributed by atoms with E-state index in [1.165, 1.54) is 0 Å². The average molecular weight is 788 g/mol. The van der Waals surface area contributed by atoms with Gasteiger partial charge in [0.15, 0.2) is 11.5 Å². The summed E-state index contributed by atoms with van der Waals surface area (Å²) in [7, 11) is 0. The lowest BCUT2D eigenvalue weighted by Gasteiger charge is -2.56. The number of nitrogens with one attached hydrogen (secondary N) is 2. The first kappa shape index (κ1) is 34.5. The molecule has 2 bridgehead atoms. The lowest BCUT2D eigenvalue weighted by Crippen LogP contribution is -2.68. The molecule has 52 heavy (non-hydrogen) atoms. The zero-order valence-electron chi connectivity index (χ0n) is 28.2. The second kappa shape index (κ2) is 14.1. The molecule has 268 valence electrons. The van der Waals surface area contributed by atoms with E-state index in [2.05, 4.69) is 52.6 Å². The molecular formula is C37H36BrClN8O5. The lowest BCUT2D eigenvalue weighted by molar-refractivity contribution is -0.136. The Morgan fingerprint density at radius 2 is 1.83 bits per heavy atom. The third-order valence-corrected chi connectivity index (χ3v) is 11.9. The maximum Gasteiger partial charge on any atom is 0.272 e. The zero-order chi connectivity index (χ0) is 36.1. The fourth-order valence-corrected chi connectivity index (χ4v) is 9.14. The fraction of sp³-hybridized carbons (Fsp3) is 0.432. The van der Waals surface area contributed by atoms with Crippen LogP contribution in [0.5, 0.6) is 5.75 Å². The summed E-state index contributed by atoms with van der Waals surface area (Å²) in [5.41, 5.74) is 3.27. The highest BCUT2D eigenvalue weighted by Gasteiger charge is 2.45. The van der Waals surface area contributed by atoms with Crippen molar-refractivity contribution in [2.24, 2.45) is 0 Å². The molecule has 6 heterocycles. The van der Waals surface area contributed by atoms with Gasteiger partial charge in [0.25, 0.3) is 11.8 Å². The summed E-state index contributed by atoms with van der Waals surface area (Å²) in [4.78, 5) is 56.7. The minimum Gasteiger partial charge on any atom is -0.490 e. The molecule has 4 saturated heterocycles. The number of imide groups is 1. The van der Waals surface area contributed by atoms with Crippen molar-refractivity contribution in [2.75, 3.05) is 18.0 Å². The number of rotatable bonds is 8. The summed E-state index contributed by atoms with van der Waals surface area (Å²) in [5.74, 6) is 0.244. The molecule has 0 spiro atoms. The van der Waals surface area contributed by atoms with Crippen molar-refractivity contribution in [1.29, 1.82) is 5.26 Å². The molecule has 1 aliphatic carbocycles. The van der Waals surface area contributed by atoms with Crippen molar-refractivity contribution in [3.63, 3.8) is 0 Å². The number of aromatic nitrogens is 2. The van der Waals surface area contributed by atoms with Crippen LogP contribution >= 0.6 is 27.5 Å². The number of carbonyl (C=O) groups is 4. The second-order valence-electron chi connectivity index (χ2n) is 14.2. The van der Waals surface area contributed by atoms with E-state index in [9.17, 15) is 19.2 Å². The van der Waals surface area contributed by atoms with Gasteiger partial charge < -0.3 is 19.9 Å². The van der Waals surface area contributed by atoms with Gasteiger partial charge in [-0.2, -0.15) is 5.26 Å². The SMILES string of the molecule is N#Cc1ccc(OC2CCC(NC(=O)c3ccc(N4CC5CC(C4)N5Cc4cc(Br)c5c(c4)CN(C4CCC(=O)NC4=O)C5=O)nn3)CC2)cc1Cl. The highest BCUT2D eigenvalue weighted by molar-refractivity contribution is 9.10. The number of ether oxygens (including phenoxy) is 1. The van der Waals surface area contributed by atoms with Crippen LogP contribution in [0.15, 0.2) is 46.9 Å². The number of piperidine rings is 2. The second-order valence-corrected chi connectivity index (χ2v) is 15.5. The molecule has 9 rings (SSSR count). The third-order valence-electron chi connectivity index (χ3n) is 10.9. The molecule has 6 aliphatic rings. The van der Waals surface area contributed by atoms with Crippen LogP contribution in [0.4, 0.5) is 5.82 Å². The van der Waals surface area contributed by atoms with Gasteiger partial charge in [0, 0.05) is 61.3 Å². The number of anilines is 1. The lowest BCUT2D eigenvalue weighted by atomic mass is 9.86. The van der Waals surface area contributed by atoms with Gasteiger partial charge in [-0.05, 0) is 95.9 Å². The Morgan fingerprint density at radius 3 is 2.52 bits per heavy atom. The molecule has 5 aliphatic heterocycles. The topological polar surface area (TPSA) is 161 Å². The standard InChI is InChI=1S/C37H36BrClN8O5/c38-28-12-20(11-22-17-47(37(51)34(22)28)31-8-10-33(48)42-36(31)50)16-46-24-13-25(46)19-45(18-24)32-9-7-30(43-44-32)35(49)41-23-2-5-26(6-3-23)52-27-4-1-21(15-40)29(39)14-27/h1,4,7,9,11-12,14,23-26,31H,2-3,5-6,8,10,13,16-19H2,(H,41,49)(H,42,48,50). The first-order valence-electron chi connectivity index (χ1n) is 17.6. The van der Waals surface area contributed by atoms with E-state index >= 15 is 0 Å². The van der Waals surface area contributed by atoms with Crippen LogP contribution in [0.3, 0.4) is 0 Å². The smallest absolute Gasteiger partial charge is 0.272 e. The van der Waals surface area contributed by atoms with Crippen LogP contribution in [0.25, 0.3) is 0 Å². The normalized spacial score (nSPS) is 25.6.